The number of nitrogens with one attached hydrogen (secondary N) is 1. The molecule has 1 rings (SSSR count). The quantitative estimate of drug-likeness (QED) is 0.510. The van der Waals surface area contributed by atoms with E-state index in [2.05, 4.69) is 5.32 Å². The molecule has 1 aromatic carbocycles. The maximum Gasteiger partial charge on any atom is 1.00 e. The number of carbonyl (C=O) groups is 1. The third-order valence-corrected chi connectivity index (χ3v) is 1.09. The van der Waals surface area contributed by atoms with E-state index in [9.17, 15) is 4.79 Å². The molecule has 0 bridgehead atoms. The summed E-state index contributed by atoms with van der Waals surface area (Å²) in [4.78, 5) is 10.5. The van der Waals surface area contributed by atoms with E-state index < -0.39 is 0 Å². The SMILES string of the molecule is CC(=O)Nc1ccccc1.[H-].[Na+]. The van der Waals surface area contributed by atoms with Crippen molar-refractivity contribution in [3.05, 3.63) is 30.3 Å². The van der Waals surface area contributed by atoms with Crippen LogP contribution in [-0.2, 0) is 4.79 Å². The first-order valence-corrected chi connectivity index (χ1v) is 3.11. The van der Waals surface area contributed by atoms with Gasteiger partial charge in [-0.1, -0.05) is 18.2 Å². The molecule has 1 aromatic rings. The van der Waals surface area contributed by atoms with Crippen molar-refractivity contribution in [1.29, 1.82) is 0 Å². The number of anilines is 1. The van der Waals surface area contributed by atoms with Crippen LogP contribution in [0.5, 0.6) is 0 Å². The predicted octanol–water partition coefficient (Wildman–Crippen LogP) is -1.24. The molecular weight excluding hydrogens is 149 g/mol. The largest absolute Gasteiger partial charge is 1.00 e. The van der Waals surface area contributed by atoms with Crippen LogP contribution in [0.3, 0.4) is 0 Å². The molecule has 0 aliphatic rings. The van der Waals surface area contributed by atoms with Crippen LogP contribution in [0.4, 0.5) is 5.69 Å². The molecule has 0 saturated heterocycles. The Morgan fingerprint density at radius 2 is 1.91 bits per heavy atom. The predicted molar refractivity (Wildman–Crippen MR) is 41.9 cm³/mol. The molecule has 0 heterocycles. The monoisotopic (exact) mass is 159 g/mol. The van der Waals surface area contributed by atoms with Gasteiger partial charge in [0, 0.05) is 12.6 Å². The first-order valence-electron chi connectivity index (χ1n) is 3.11. The number of carbonyl (C=O) groups excluding carboxylic acids is 1. The Morgan fingerprint density at radius 3 is 2.36 bits per heavy atom. The average molecular weight is 159 g/mol. The minimum Gasteiger partial charge on any atom is -1.00 e. The summed E-state index contributed by atoms with van der Waals surface area (Å²) < 4.78 is 0. The standard InChI is InChI=1S/C8H9NO.Na.H/c1-7(10)9-8-5-3-2-4-6-8;;/h2-6H,1H3,(H,9,10);;/q;+1;-1. The second-order valence-corrected chi connectivity index (χ2v) is 2.05. The van der Waals surface area contributed by atoms with E-state index >= 15 is 0 Å². The van der Waals surface area contributed by atoms with Crippen LogP contribution in [0.25, 0.3) is 0 Å². The van der Waals surface area contributed by atoms with Gasteiger partial charge in [-0.05, 0) is 12.1 Å². The Balaban J connectivity index is 0. The van der Waals surface area contributed by atoms with Gasteiger partial charge in [0.05, 0.1) is 0 Å². The van der Waals surface area contributed by atoms with Crippen LogP contribution >= 0.6 is 0 Å². The van der Waals surface area contributed by atoms with Crippen LogP contribution in [0, 0.1) is 0 Å². The minimum atomic E-state index is -0.0359. The molecule has 3 heteroatoms. The van der Waals surface area contributed by atoms with Crippen LogP contribution in [-0.4, -0.2) is 5.91 Å². The smallest absolute Gasteiger partial charge is 1.00 e. The summed E-state index contributed by atoms with van der Waals surface area (Å²) in [5.74, 6) is -0.0359. The van der Waals surface area contributed by atoms with E-state index in [1.807, 2.05) is 30.3 Å². The van der Waals surface area contributed by atoms with Crippen LogP contribution in [0.1, 0.15) is 8.35 Å². The topological polar surface area (TPSA) is 29.1 Å². The molecule has 0 aliphatic carbocycles. The Bertz CT molecular complexity index is 228. The Hall–Kier alpha value is -0.310. The number of amides is 1. The maximum absolute atomic E-state index is 10.5. The Morgan fingerprint density at radius 1 is 1.36 bits per heavy atom. The molecule has 0 atom stereocenters. The van der Waals surface area contributed by atoms with Gasteiger partial charge in [-0.2, -0.15) is 0 Å². The number of rotatable bonds is 1. The van der Waals surface area contributed by atoms with Crippen molar-refractivity contribution in [2.24, 2.45) is 0 Å². The van der Waals surface area contributed by atoms with Crippen LogP contribution in [0.15, 0.2) is 30.3 Å². The fourth-order valence-corrected chi connectivity index (χ4v) is 0.725. The average Bonchev–Trinajstić information content (AvgIpc) is 1.88. The molecule has 0 aliphatic heterocycles. The van der Waals surface area contributed by atoms with E-state index in [1.54, 1.807) is 0 Å². The van der Waals surface area contributed by atoms with E-state index in [1.165, 1.54) is 6.92 Å². The molecule has 1 N–H and O–H groups in total. The second kappa shape index (κ2) is 5.35. The van der Waals surface area contributed by atoms with E-state index in [0.29, 0.717) is 0 Å². The van der Waals surface area contributed by atoms with E-state index in [-0.39, 0.29) is 36.9 Å². The second-order valence-electron chi connectivity index (χ2n) is 2.05. The molecule has 0 aromatic heterocycles. The van der Waals surface area contributed by atoms with Gasteiger partial charge >= 0.3 is 29.6 Å². The minimum absolute atomic E-state index is 0. The third-order valence-electron chi connectivity index (χ3n) is 1.09. The van der Waals surface area contributed by atoms with Gasteiger partial charge in [0.25, 0.3) is 0 Å². The van der Waals surface area contributed by atoms with Crippen molar-refractivity contribution in [2.45, 2.75) is 6.92 Å². The summed E-state index contributed by atoms with van der Waals surface area (Å²) in [6.45, 7) is 1.49. The molecule has 0 radical (unpaired) electrons. The first-order chi connectivity index (χ1) is 4.79. The molecule has 0 fully saturated rings. The summed E-state index contributed by atoms with van der Waals surface area (Å²) in [6.07, 6.45) is 0. The van der Waals surface area contributed by atoms with Crippen LogP contribution in [0.2, 0.25) is 0 Å². The fourth-order valence-electron chi connectivity index (χ4n) is 0.725. The number of hydrogen-bond donors (Lipinski definition) is 1. The van der Waals surface area contributed by atoms with Crippen molar-refractivity contribution in [3.63, 3.8) is 0 Å². The Kier molecular flexibility index (Phi) is 5.20. The van der Waals surface area contributed by atoms with Gasteiger partial charge in [-0.3, -0.25) is 4.79 Å². The summed E-state index contributed by atoms with van der Waals surface area (Å²) >= 11 is 0. The summed E-state index contributed by atoms with van der Waals surface area (Å²) in [7, 11) is 0. The van der Waals surface area contributed by atoms with Gasteiger partial charge in [-0.15, -0.1) is 0 Å². The van der Waals surface area contributed by atoms with Crippen LogP contribution < -0.4 is 34.9 Å². The maximum atomic E-state index is 10.5. The number of benzene rings is 1. The molecule has 2 nitrogen and oxygen atoms in total. The van der Waals surface area contributed by atoms with Crippen molar-refractivity contribution < 1.29 is 35.8 Å². The van der Waals surface area contributed by atoms with Gasteiger partial charge in [0.1, 0.15) is 0 Å². The zero-order valence-electron chi connectivity index (χ0n) is 7.79. The van der Waals surface area contributed by atoms with Gasteiger partial charge in [-0.25, -0.2) is 0 Å². The normalized spacial score (nSPS) is 8.09. The summed E-state index contributed by atoms with van der Waals surface area (Å²) in [5.41, 5.74) is 0.843. The molecule has 0 unspecified atom stereocenters. The number of para-hydroxylation sites is 1. The van der Waals surface area contributed by atoms with Gasteiger partial charge in [0.15, 0.2) is 0 Å². The van der Waals surface area contributed by atoms with Gasteiger partial charge in [0.2, 0.25) is 5.91 Å². The zero-order valence-corrected chi connectivity index (χ0v) is 8.79. The zero-order chi connectivity index (χ0) is 7.40. The third kappa shape index (κ3) is 4.19. The van der Waals surface area contributed by atoms with Crippen molar-refractivity contribution in [3.8, 4) is 0 Å². The molecule has 1 amide bonds. The number of hydrogen-bond acceptors (Lipinski definition) is 1. The van der Waals surface area contributed by atoms with Crippen molar-refractivity contribution >= 4 is 11.6 Å². The van der Waals surface area contributed by atoms with Gasteiger partial charge < -0.3 is 6.74 Å². The molecule has 0 saturated carbocycles. The summed E-state index contributed by atoms with van der Waals surface area (Å²) in [5, 5.41) is 2.67. The molecule has 11 heavy (non-hydrogen) atoms. The van der Waals surface area contributed by atoms with Crippen molar-refractivity contribution in [2.75, 3.05) is 5.32 Å². The molecular formula is C8H10NNaO. The van der Waals surface area contributed by atoms with Crippen molar-refractivity contribution in [1.82, 2.24) is 0 Å². The molecule has 0 spiro atoms. The summed E-state index contributed by atoms with van der Waals surface area (Å²) in [6, 6.07) is 9.37. The van der Waals surface area contributed by atoms with E-state index in [4.69, 9.17) is 0 Å². The first kappa shape index (κ1) is 10.7. The fraction of sp³-hybridized carbons (Fsp3) is 0.125. The molecule has 54 valence electrons. The Labute approximate surface area is 89.8 Å². The van der Waals surface area contributed by atoms with E-state index in [0.717, 1.165) is 5.69 Å².